The maximum Gasteiger partial charge on any atom is 0.335 e. The highest BCUT2D eigenvalue weighted by atomic mass is 16.5. The molecule has 0 atom stereocenters. The highest BCUT2D eigenvalue weighted by molar-refractivity contribution is 5.42. The molecule has 8 heteroatoms. The molecule has 0 spiro atoms. The topological polar surface area (TPSA) is 94.3 Å². The van der Waals surface area contributed by atoms with E-state index in [1.807, 2.05) is 31.2 Å². The van der Waals surface area contributed by atoms with Gasteiger partial charge in [0.15, 0.2) is 0 Å². The summed E-state index contributed by atoms with van der Waals surface area (Å²) in [5.74, 6) is 1.31. The van der Waals surface area contributed by atoms with Crippen molar-refractivity contribution in [2.24, 2.45) is 4.99 Å². The Balaban J connectivity index is 1.72. The van der Waals surface area contributed by atoms with E-state index in [4.69, 9.17) is 4.74 Å². The van der Waals surface area contributed by atoms with E-state index < -0.39 is 11.4 Å². The molecule has 0 saturated carbocycles. The number of nitrogens with zero attached hydrogens (tertiary/aromatic N) is 4. The summed E-state index contributed by atoms with van der Waals surface area (Å²) in [6, 6.07) is 18.5. The summed E-state index contributed by atoms with van der Waals surface area (Å²) in [7, 11) is 0. The van der Waals surface area contributed by atoms with Crippen molar-refractivity contribution < 1.29 is 4.74 Å². The van der Waals surface area contributed by atoms with Crippen LogP contribution in [0.5, 0.6) is 11.5 Å². The Morgan fingerprint density at radius 1 is 0.906 bits per heavy atom. The van der Waals surface area contributed by atoms with Crippen LogP contribution >= 0.6 is 0 Å². The van der Waals surface area contributed by atoms with E-state index in [1.54, 1.807) is 55.7 Å². The number of pyridine rings is 1. The van der Waals surface area contributed by atoms with E-state index in [9.17, 15) is 9.59 Å². The lowest BCUT2D eigenvalue weighted by Gasteiger charge is -2.10. The van der Waals surface area contributed by atoms with Crippen LogP contribution < -0.4 is 21.7 Å². The third-order valence-electron chi connectivity index (χ3n) is 4.92. The summed E-state index contributed by atoms with van der Waals surface area (Å²) in [6.07, 6.45) is 3.31. The second-order valence-electron chi connectivity index (χ2n) is 7.24. The molecule has 162 valence electrons. The van der Waals surface area contributed by atoms with Gasteiger partial charge in [0.05, 0.1) is 12.2 Å². The molecular formula is C24H23N5O3. The van der Waals surface area contributed by atoms with Crippen LogP contribution in [0.25, 0.3) is 0 Å². The number of ether oxygens (including phenoxy) is 1. The molecule has 0 saturated heterocycles. The number of aromatic amines is 1. The molecular weight excluding hydrogens is 406 g/mol. The summed E-state index contributed by atoms with van der Waals surface area (Å²) in [5, 5.41) is 0. The fourth-order valence-corrected chi connectivity index (χ4v) is 3.19. The van der Waals surface area contributed by atoms with Gasteiger partial charge in [-0.25, -0.2) is 19.1 Å². The first-order chi connectivity index (χ1) is 15.5. The van der Waals surface area contributed by atoms with Gasteiger partial charge in [-0.2, -0.15) is 0 Å². The molecule has 0 unspecified atom stereocenters. The Kier molecular flexibility index (Phi) is 6.12. The number of benzene rings is 2. The van der Waals surface area contributed by atoms with Crippen LogP contribution in [0.4, 0.5) is 5.69 Å². The molecule has 0 fully saturated rings. The van der Waals surface area contributed by atoms with E-state index in [1.165, 1.54) is 4.57 Å². The van der Waals surface area contributed by atoms with Crippen LogP contribution in [0.15, 0.2) is 87.6 Å². The largest absolute Gasteiger partial charge is 0.457 e. The van der Waals surface area contributed by atoms with Crippen molar-refractivity contribution in [3.8, 4) is 11.5 Å². The standard InChI is InChI=1S/C24H23N5O3/c1-3-28-23(30)27-22(29(24(28)31)16-18-6-4-17(2)5-7-18)26-19-8-10-20(11-9-19)32-21-12-14-25-15-13-21/h4-15H,3,16H2,1-2H3,(H,26,27,30). The minimum absolute atomic E-state index is 0.188. The molecule has 4 aromatic rings. The highest BCUT2D eigenvalue weighted by Gasteiger charge is 2.09. The second-order valence-corrected chi connectivity index (χ2v) is 7.24. The number of nitrogens with one attached hydrogen (secondary N) is 1. The van der Waals surface area contributed by atoms with Crippen molar-refractivity contribution in [3.63, 3.8) is 0 Å². The van der Waals surface area contributed by atoms with Crippen LogP contribution in [0.1, 0.15) is 18.1 Å². The first-order valence-electron chi connectivity index (χ1n) is 10.3. The lowest BCUT2D eigenvalue weighted by molar-refractivity contribution is 0.482. The van der Waals surface area contributed by atoms with Crippen molar-refractivity contribution >= 4 is 5.69 Å². The normalized spacial score (nSPS) is 11.5. The van der Waals surface area contributed by atoms with Crippen LogP contribution in [-0.2, 0) is 13.1 Å². The van der Waals surface area contributed by atoms with Crippen molar-refractivity contribution in [2.75, 3.05) is 0 Å². The molecule has 0 aliphatic carbocycles. The summed E-state index contributed by atoms with van der Waals surface area (Å²) in [4.78, 5) is 36.6. The van der Waals surface area contributed by atoms with Gasteiger partial charge >= 0.3 is 11.4 Å². The van der Waals surface area contributed by atoms with Gasteiger partial charge in [-0.3, -0.25) is 14.5 Å². The number of aromatic nitrogens is 4. The number of H-pyrrole nitrogens is 1. The van der Waals surface area contributed by atoms with E-state index >= 15 is 0 Å². The molecule has 0 amide bonds. The zero-order chi connectivity index (χ0) is 22.5. The maximum atomic E-state index is 13.0. The maximum absolute atomic E-state index is 13.0. The first kappa shape index (κ1) is 21.0. The van der Waals surface area contributed by atoms with Crippen LogP contribution in [0.2, 0.25) is 0 Å². The second kappa shape index (κ2) is 9.30. The SMILES string of the molecule is CCn1c(=O)[nH]/c(=N\c2ccc(Oc3ccncc3)cc2)n(Cc2ccc(C)cc2)c1=O. The van der Waals surface area contributed by atoms with Crippen LogP contribution in [0, 0.1) is 6.92 Å². The van der Waals surface area contributed by atoms with Gasteiger partial charge in [-0.1, -0.05) is 29.8 Å². The van der Waals surface area contributed by atoms with E-state index in [0.717, 1.165) is 15.7 Å². The zero-order valence-electron chi connectivity index (χ0n) is 17.9. The third-order valence-corrected chi connectivity index (χ3v) is 4.92. The van der Waals surface area contributed by atoms with Gasteiger partial charge < -0.3 is 4.74 Å². The number of hydrogen-bond acceptors (Lipinski definition) is 5. The summed E-state index contributed by atoms with van der Waals surface area (Å²) < 4.78 is 8.39. The molecule has 2 heterocycles. The molecule has 4 rings (SSSR count). The quantitative estimate of drug-likeness (QED) is 0.509. The molecule has 8 nitrogen and oxygen atoms in total. The molecule has 32 heavy (non-hydrogen) atoms. The van der Waals surface area contributed by atoms with Crippen molar-refractivity contribution in [2.45, 2.75) is 26.9 Å². The minimum atomic E-state index is -0.492. The third kappa shape index (κ3) is 4.75. The summed E-state index contributed by atoms with van der Waals surface area (Å²) in [5.41, 5.74) is 1.93. The molecule has 2 aromatic carbocycles. The Hall–Kier alpha value is -4.20. The van der Waals surface area contributed by atoms with Crippen molar-refractivity contribution in [1.82, 2.24) is 19.1 Å². The van der Waals surface area contributed by atoms with Crippen molar-refractivity contribution in [3.05, 3.63) is 111 Å². The average molecular weight is 429 g/mol. The average Bonchev–Trinajstić information content (AvgIpc) is 2.80. The molecule has 0 aliphatic heterocycles. The smallest absolute Gasteiger partial charge is 0.335 e. The zero-order valence-corrected chi connectivity index (χ0v) is 17.9. The Morgan fingerprint density at radius 2 is 1.56 bits per heavy atom. The fraction of sp³-hybridized carbons (Fsp3) is 0.167. The Labute approximate surface area is 184 Å². The number of aryl methyl sites for hydroxylation is 1. The summed E-state index contributed by atoms with van der Waals surface area (Å²) in [6.45, 7) is 4.32. The van der Waals surface area contributed by atoms with E-state index in [-0.39, 0.29) is 18.7 Å². The van der Waals surface area contributed by atoms with Gasteiger partial charge in [-0.05, 0) is 55.8 Å². The van der Waals surface area contributed by atoms with E-state index in [0.29, 0.717) is 17.2 Å². The van der Waals surface area contributed by atoms with Crippen LogP contribution in [-0.4, -0.2) is 19.1 Å². The monoisotopic (exact) mass is 429 g/mol. The Morgan fingerprint density at radius 3 is 2.22 bits per heavy atom. The van der Waals surface area contributed by atoms with E-state index in [2.05, 4.69) is 15.0 Å². The van der Waals surface area contributed by atoms with Gasteiger partial charge in [0.1, 0.15) is 11.5 Å². The first-order valence-corrected chi connectivity index (χ1v) is 10.3. The van der Waals surface area contributed by atoms with Gasteiger partial charge in [-0.15, -0.1) is 0 Å². The molecule has 0 bridgehead atoms. The van der Waals surface area contributed by atoms with Gasteiger partial charge in [0.25, 0.3) is 0 Å². The van der Waals surface area contributed by atoms with Crippen molar-refractivity contribution in [1.29, 1.82) is 0 Å². The predicted molar refractivity (Wildman–Crippen MR) is 121 cm³/mol. The Bertz CT molecular complexity index is 1380. The molecule has 0 radical (unpaired) electrons. The predicted octanol–water partition coefficient (Wildman–Crippen LogP) is 3.13. The molecule has 1 N–H and O–H groups in total. The summed E-state index contributed by atoms with van der Waals surface area (Å²) >= 11 is 0. The minimum Gasteiger partial charge on any atom is -0.457 e. The number of rotatable bonds is 6. The van der Waals surface area contributed by atoms with Gasteiger partial charge in [0, 0.05) is 18.9 Å². The van der Waals surface area contributed by atoms with Crippen LogP contribution in [0.3, 0.4) is 0 Å². The lowest BCUT2D eigenvalue weighted by Crippen LogP contribution is -2.49. The number of hydrogen-bond donors (Lipinski definition) is 1. The molecule has 0 aliphatic rings. The fourth-order valence-electron chi connectivity index (χ4n) is 3.19. The molecule has 2 aromatic heterocycles. The van der Waals surface area contributed by atoms with Gasteiger partial charge in [0.2, 0.25) is 5.62 Å². The highest BCUT2D eigenvalue weighted by Crippen LogP contribution is 2.23. The lowest BCUT2D eigenvalue weighted by atomic mass is 10.1.